The summed E-state index contributed by atoms with van der Waals surface area (Å²) in [5.74, 6) is 1.58. The predicted molar refractivity (Wildman–Crippen MR) is 102 cm³/mol. The summed E-state index contributed by atoms with van der Waals surface area (Å²) in [6.07, 6.45) is 1.24. The first-order valence-electron chi connectivity index (χ1n) is 7.46. The van der Waals surface area contributed by atoms with Gasteiger partial charge in [0.15, 0.2) is 5.96 Å². The number of benzene rings is 1. The summed E-state index contributed by atoms with van der Waals surface area (Å²) in [5.41, 5.74) is 1.33. The maximum Gasteiger partial charge on any atom is 0.191 e. The van der Waals surface area contributed by atoms with E-state index in [0.717, 1.165) is 25.6 Å². The second-order valence-electron chi connectivity index (χ2n) is 5.69. The lowest BCUT2D eigenvalue weighted by Gasteiger charge is -2.20. The van der Waals surface area contributed by atoms with Crippen LogP contribution in [0.3, 0.4) is 0 Å². The minimum atomic E-state index is 0. The van der Waals surface area contributed by atoms with Gasteiger partial charge in [-0.3, -0.25) is 4.99 Å². The van der Waals surface area contributed by atoms with E-state index in [1.165, 1.54) is 12.1 Å². The summed E-state index contributed by atoms with van der Waals surface area (Å²) >= 11 is 0. The normalized spacial score (nSPS) is 18.6. The lowest BCUT2D eigenvalue weighted by atomic mass is 10.1. The molecule has 0 radical (unpaired) electrons. The summed E-state index contributed by atoms with van der Waals surface area (Å²) in [7, 11) is 1.82. The van der Waals surface area contributed by atoms with Gasteiger partial charge >= 0.3 is 0 Å². The molecule has 2 N–H and O–H groups in total. The molecule has 0 spiro atoms. The molecule has 1 heterocycles. The van der Waals surface area contributed by atoms with Crippen LogP contribution in [0.2, 0.25) is 0 Å². The highest BCUT2D eigenvalue weighted by molar-refractivity contribution is 14.0. The quantitative estimate of drug-likeness (QED) is 0.462. The van der Waals surface area contributed by atoms with Gasteiger partial charge in [-0.1, -0.05) is 18.2 Å². The summed E-state index contributed by atoms with van der Waals surface area (Å²) in [5, 5.41) is 6.75. The Hall–Kier alpha value is -0.980. The van der Waals surface area contributed by atoms with Gasteiger partial charge in [0, 0.05) is 38.4 Å². The van der Waals surface area contributed by atoms with E-state index in [9.17, 15) is 0 Å². The van der Waals surface area contributed by atoms with E-state index in [4.69, 9.17) is 0 Å². The Bertz CT molecular complexity index is 433. The first-order valence-corrected chi connectivity index (χ1v) is 7.46. The average Bonchev–Trinajstić information content (AvgIpc) is 2.93. The van der Waals surface area contributed by atoms with Crippen LogP contribution in [0.4, 0.5) is 5.69 Å². The largest absolute Gasteiger partial charge is 0.371 e. The lowest BCUT2D eigenvalue weighted by Crippen LogP contribution is -2.43. The molecule has 1 aromatic carbocycles. The van der Waals surface area contributed by atoms with Crippen molar-refractivity contribution in [1.29, 1.82) is 0 Å². The van der Waals surface area contributed by atoms with Crippen molar-refractivity contribution < 1.29 is 0 Å². The van der Waals surface area contributed by atoms with Crippen LogP contribution in [0, 0.1) is 5.92 Å². The number of nitrogens with one attached hydrogen (secondary N) is 2. The number of hydrogen-bond donors (Lipinski definition) is 2. The third kappa shape index (κ3) is 5.73. The van der Waals surface area contributed by atoms with E-state index in [1.54, 1.807) is 0 Å². The molecular weight excluding hydrogens is 375 g/mol. The number of halogens is 1. The minimum Gasteiger partial charge on any atom is -0.371 e. The molecule has 21 heavy (non-hydrogen) atoms. The standard InChI is InChI=1S/C16H26N4.HI/c1-13(2)19-16(17-3)18-11-14-9-10-20(12-14)15-7-5-4-6-8-15;/h4-8,13-14H,9-12H2,1-3H3,(H2,17,18,19);1H. The third-order valence-electron chi connectivity index (χ3n) is 3.61. The van der Waals surface area contributed by atoms with Crippen LogP contribution in [-0.4, -0.2) is 38.7 Å². The van der Waals surface area contributed by atoms with E-state index in [-0.39, 0.29) is 24.0 Å². The molecule has 1 atom stereocenters. The van der Waals surface area contributed by atoms with Gasteiger partial charge in [-0.25, -0.2) is 0 Å². The average molecular weight is 402 g/mol. The first kappa shape index (κ1) is 18.1. The van der Waals surface area contributed by atoms with Gasteiger partial charge in [-0.05, 0) is 38.3 Å². The molecule has 118 valence electrons. The van der Waals surface area contributed by atoms with Crippen molar-refractivity contribution >= 4 is 35.6 Å². The highest BCUT2D eigenvalue weighted by atomic mass is 127. The Balaban J connectivity index is 0.00000220. The molecule has 4 nitrogen and oxygen atoms in total. The minimum absolute atomic E-state index is 0. The molecule has 0 aliphatic carbocycles. The summed E-state index contributed by atoms with van der Waals surface area (Å²) < 4.78 is 0. The van der Waals surface area contributed by atoms with Crippen LogP contribution in [0.15, 0.2) is 35.3 Å². The van der Waals surface area contributed by atoms with Crippen molar-refractivity contribution in [3.63, 3.8) is 0 Å². The zero-order chi connectivity index (χ0) is 14.4. The number of anilines is 1. The van der Waals surface area contributed by atoms with Crippen LogP contribution >= 0.6 is 24.0 Å². The molecule has 1 fully saturated rings. The van der Waals surface area contributed by atoms with Crippen LogP contribution < -0.4 is 15.5 Å². The molecular formula is C16H27IN4. The molecule has 1 aliphatic rings. The van der Waals surface area contributed by atoms with Gasteiger partial charge < -0.3 is 15.5 Å². The molecule has 1 aromatic rings. The molecule has 0 bridgehead atoms. The van der Waals surface area contributed by atoms with Crippen LogP contribution in [0.25, 0.3) is 0 Å². The molecule has 0 aromatic heterocycles. The van der Waals surface area contributed by atoms with E-state index < -0.39 is 0 Å². The van der Waals surface area contributed by atoms with Crippen molar-refractivity contribution in [2.75, 3.05) is 31.6 Å². The Labute approximate surface area is 145 Å². The van der Waals surface area contributed by atoms with E-state index >= 15 is 0 Å². The van der Waals surface area contributed by atoms with E-state index in [0.29, 0.717) is 12.0 Å². The molecule has 2 rings (SSSR count). The zero-order valence-electron chi connectivity index (χ0n) is 13.2. The van der Waals surface area contributed by atoms with Gasteiger partial charge in [0.05, 0.1) is 0 Å². The fourth-order valence-corrected chi connectivity index (χ4v) is 2.58. The summed E-state index contributed by atoms with van der Waals surface area (Å²) in [4.78, 5) is 6.71. The van der Waals surface area contributed by atoms with Crippen molar-refractivity contribution in [1.82, 2.24) is 10.6 Å². The summed E-state index contributed by atoms with van der Waals surface area (Å²) in [6, 6.07) is 11.1. The first-order chi connectivity index (χ1) is 9.69. The smallest absolute Gasteiger partial charge is 0.191 e. The molecule has 0 saturated carbocycles. The number of aliphatic imine (C=N–C) groups is 1. The number of para-hydroxylation sites is 1. The van der Waals surface area contributed by atoms with Crippen LogP contribution in [0.1, 0.15) is 20.3 Å². The number of hydrogen-bond acceptors (Lipinski definition) is 2. The van der Waals surface area contributed by atoms with Crippen LogP contribution in [-0.2, 0) is 0 Å². The fraction of sp³-hybridized carbons (Fsp3) is 0.562. The Morgan fingerprint density at radius 3 is 2.67 bits per heavy atom. The second-order valence-corrected chi connectivity index (χ2v) is 5.69. The van der Waals surface area contributed by atoms with Gasteiger partial charge in [-0.2, -0.15) is 0 Å². The number of guanidine groups is 1. The SMILES string of the molecule is CN=C(NCC1CCN(c2ccccc2)C1)NC(C)C.I. The Morgan fingerprint density at radius 1 is 1.33 bits per heavy atom. The highest BCUT2D eigenvalue weighted by Gasteiger charge is 2.22. The fourth-order valence-electron chi connectivity index (χ4n) is 2.58. The van der Waals surface area contributed by atoms with Crippen molar-refractivity contribution in [3.05, 3.63) is 30.3 Å². The Morgan fingerprint density at radius 2 is 2.05 bits per heavy atom. The van der Waals surface area contributed by atoms with Crippen molar-refractivity contribution in [2.45, 2.75) is 26.3 Å². The van der Waals surface area contributed by atoms with Crippen molar-refractivity contribution in [2.24, 2.45) is 10.9 Å². The highest BCUT2D eigenvalue weighted by Crippen LogP contribution is 2.22. The monoisotopic (exact) mass is 402 g/mol. The maximum atomic E-state index is 4.25. The molecule has 1 saturated heterocycles. The number of rotatable bonds is 4. The van der Waals surface area contributed by atoms with Gasteiger partial charge in [0.2, 0.25) is 0 Å². The van der Waals surface area contributed by atoms with E-state index in [1.807, 2.05) is 7.05 Å². The molecule has 5 heteroatoms. The Kier molecular flexibility index (Phi) is 7.85. The third-order valence-corrected chi connectivity index (χ3v) is 3.61. The molecule has 0 amide bonds. The zero-order valence-corrected chi connectivity index (χ0v) is 15.5. The van der Waals surface area contributed by atoms with Crippen LogP contribution in [0.5, 0.6) is 0 Å². The summed E-state index contributed by atoms with van der Waals surface area (Å²) in [6.45, 7) is 7.50. The molecule has 1 unspecified atom stereocenters. The van der Waals surface area contributed by atoms with Gasteiger partial charge in [0.25, 0.3) is 0 Å². The predicted octanol–water partition coefficient (Wildman–Crippen LogP) is 2.70. The van der Waals surface area contributed by atoms with Crippen molar-refractivity contribution in [3.8, 4) is 0 Å². The lowest BCUT2D eigenvalue weighted by molar-refractivity contribution is 0.561. The second kappa shape index (κ2) is 9.12. The number of nitrogens with zero attached hydrogens (tertiary/aromatic N) is 2. The molecule has 1 aliphatic heterocycles. The van der Waals surface area contributed by atoms with Gasteiger partial charge in [-0.15, -0.1) is 24.0 Å². The van der Waals surface area contributed by atoms with Gasteiger partial charge in [0.1, 0.15) is 0 Å². The van der Waals surface area contributed by atoms with E-state index in [2.05, 4.69) is 64.7 Å². The topological polar surface area (TPSA) is 39.7 Å². The maximum absolute atomic E-state index is 4.25.